The van der Waals surface area contributed by atoms with E-state index in [0.717, 1.165) is 38.5 Å². The van der Waals surface area contributed by atoms with Crippen LogP contribution in [0.5, 0.6) is 0 Å². The summed E-state index contributed by atoms with van der Waals surface area (Å²) in [5.41, 5.74) is 0.531. The molecule has 0 N–H and O–H groups in total. The van der Waals surface area contributed by atoms with E-state index in [1.54, 1.807) is 0 Å². The van der Waals surface area contributed by atoms with Gasteiger partial charge in [-0.05, 0) is 42.9 Å². The first-order valence-corrected chi connectivity index (χ1v) is 11.3. The minimum Gasteiger partial charge on any atom is -0.465 e. The molecule has 0 fully saturated rings. The smallest absolute Gasteiger partial charge is 0.334 e. The Labute approximate surface area is 172 Å². The van der Waals surface area contributed by atoms with E-state index in [9.17, 15) is 9.59 Å². The van der Waals surface area contributed by atoms with Gasteiger partial charge in [-0.25, -0.2) is 4.79 Å². The summed E-state index contributed by atoms with van der Waals surface area (Å²) in [7, 11) is 0. The van der Waals surface area contributed by atoms with Crippen molar-refractivity contribution in [2.75, 3.05) is 13.2 Å². The van der Waals surface area contributed by atoms with Gasteiger partial charge in [0.25, 0.3) is 0 Å². The summed E-state index contributed by atoms with van der Waals surface area (Å²) >= 11 is 0. The lowest BCUT2D eigenvalue weighted by atomic mass is 9.71. The maximum Gasteiger partial charge on any atom is 0.334 e. The first-order valence-electron chi connectivity index (χ1n) is 11.3. The minimum absolute atomic E-state index is 0.267. The molecule has 162 valence electrons. The SMILES string of the molecule is CCCCC1C=C(C(=O)OCC(C)C)C(C(=O)OCC(C)C)CC1CCCC. The van der Waals surface area contributed by atoms with Crippen molar-refractivity contribution in [2.45, 2.75) is 86.5 Å². The van der Waals surface area contributed by atoms with Crippen LogP contribution in [0.3, 0.4) is 0 Å². The lowest BCUT2D eigenvalue weighted by molar-refractivity contribution is -0.153. The van der Waals surface area contributed by atoms with Crippen molar-refractivity contribution in [1.82, 2.24) is 0 Å². The number of ether oxygens (including phenoxy) is 2. The van der Waals surface area contributed by atoms with Gasteiger partial charge >= 0.3 is 11.9 Å². The number of allylic oxidation sites excluding steroid dienone is 1. The third-order valence-corrected chi connectivity index (χ3v) is 5.36. The molecule has 1 rings (SSSR count). The summed E-state index contributed by atoms with van der Waals surface area (Å²) in [6, 6.07) is 0. The van der Waals surface area contributed by atoms with Gasteiger partial charge in [-0.15, -0.1) is 0 Å². The van der Waals surface area contributed by atoms with E-state index < -0.39 is 5.92 Å². The van der Waals surface area contributed by atoms with Gasteiger partial charge in [-0.3, -0.25) is 4.79 Å². The summed E-state index contributed by atoms with van der Waals surface area (Å²) in [5.74, 6) is 0.242. The van der Waals surface area contributed by atoms with Crippen molar-refractivity contribution in [3.05, 3.63) is 11.6 Å². The highest BCUT2D eigenvalue weighted by Crippen LogP contribution is 2.39. The van der Waals surface area contributed by atoms with Crippen LogP contribution in [0.2, 0.25) is 0 Å². The average molecular weight is 395 g/mol. The maximum absolute atomic E-state index is 12.8. The van der Waals surface area contributed by atoms with E-state index in [1.807, 2.05) is 27.7 Å². The van der Waals surface area contributed by atoms with Gasteiger partial charge < -0.3 is 9.47 Å². The number of rotatable bonds is 12. The van der Waals surface area contributed by atoms with Gasteiger partial charge in [0.1, 0.15) is 0 Å². The molecule has 1 aliphatic carbocycles. The van der Waals surface area contributed by atoms with Crippen molar-refractivity contribution < 1.29 is 19.1 Å². The first kappa shape index (κ1) is 24.7. The molecule has 0 heterocycles. The number of hydrogen-bond donors (Lipinski definition) is 0. The topological polar surface area (TPSA) is 52.6 Å². The molecule has 4 heteroatoms. The van der Waals surface area contributed by atoms with Gasteiger partial charge in [-0.2, -0.15) is 0 Å². The molecule has 0 saturated carbocycles. The van der Waals surface area contributed by atoms with E-state index >= 15 is 0 Å². The predicted molar refractivity (Wildman–Crippen MR) is 114 cm³/mol. The Kier molecular flexibility index (Phi) is 11.5. The monoisotopic (exact) mass is 394 g/mol. The molecular formula is C24H42O4. The van der Waals surface area contributed by atoms with Gasteiger partial charge in [-0.1, -0.05) is 73.3 Å². The van der Waals surface area contributed by atoms with E-state index in [-0.39, 0.29) is 23.8 Å². The number of esters is 2. The van der Waals surface area contributed by atoms with Crippen molar-refractivity contribution in [3.63, 3.8) is 0 Å². The van der Waals surface area contributed by atoms with Crippen molar-refractivity contribution in [3.8, 4) is 0 Å². The van der Waals surface area contributed by atoms with E-state index in [0.29, 0.717) is 37.0 Å². The van der Waals surface area contributed by atoms with Crippen molar-refractivity contribution in [2.24, 2.45) is 29.6 Å². The molecule has 0 aromatic heterocycles. The van der Waals surface area contributed by atoms with Crippen LogP contribution in [-0.2, 0) is 19.1 Å². The molecule has 0 bridgehead atoms. The summed E-state index contributed by atoms with van der Waals surface area (Å²) in [4.78, 5) is 25.6. The number of carbonyl (C=O) groups excluding carboxylic acids is 2. The number of carbonyl (C=O) groups is 2. The molecule has 28 heavy (non-hydrogen) atoms. The molecule has 3 unspecified atom stereocenters. The highest BCUT2D eigenvalue weighted by atomic mass is 16.5. The Morgan fingerprint density at radius 2 is 1.54 bits per heavy atom. The first-order chi connectivity index (χ1) is 13.3. The van der Waals surface area contributed by atoms with Crippen LogP contribution in [0.15, 0.2) is 11.6 Å². The zero-order valence-corrected chi connectivity index (χ0v) is 19.0. The molecular weight excluding hydrogens is 352 g/mol. The third kappa shape index (κ3) is 8.36. The van der Waals surface area contributed by atoms with E-state index in [4.69, 9.17) is 9.47 Å². The lowest BCUT2D eigenvalue weighted by Crippen LogP contribution is -2.34. The Balaban J connectivity index is 3.07. The minimum atomic E-state index is -0.488. The van der Waals surface area contributed by atoms with Gasteiger partial charge in [0.05, 0.1) is 19.1 Å². The second-order valence-corrected chi connectivity index (χ2v) is 9.13. The second kappa shape index (κ2) is 13.0. The zero-order valence-electron chi connectivity index (χ0n) is 19.0. The van der Waals surface area contributed by atoms with Crippen molar-refractivity contribution >= 4 is 11.9 Å². The summed E-state index contributed by atoms with van der Waals surface area (Å²) in [6.07, 6.45) is 9.51. The van der Waals surface area contributed by atoms with Crippen LogP contribution < -0.4 is 0 Å². The third-order valence-electron chi connectivity index (χ3n) is 5.36. The Bertz CT molecular complexity index is 507. The predicted octanol–water partition coefficient (Wildman–Crippen LogP) is 5.94. The summed E-state index contributed by atoms with van der Waals surface area (Å²) < 4.78 is 11.0. The highest BCUT2D eigenvalue weighted by Gasteiger charge is 2.39. The lowest BCUT2D eigenvalue weighted by Gasteiger charge is -2.34. The molecule has 0 spiro atoms. The second-order valence-electron chi connectivity index (χ2n) is 9.13. The van der Waals surface area contributed by atoms with Crippen LogP contribution >= 0.6 is 0 Å². The summed E-state index contributed by atoms with van der Waals surface area (Å²) in [5, 5.41) is 0. The Morgan fingerprint density at radius 1 is 0.964 bits per heavy atom. The molecule has 0 radical (unpaired) electrons. The highest BCUT2D eigenvalue weighted by molar-refractivity contribution is 5.96. The average Bonchev–Trinajstić information content (AvgIpc) is 2.66. The van der Waals surface area contributed by atoms with Crippen LogP contribution in [0.25, 0.3) is 0 Å². The molecule has 0 amide bonds. The molecule has 0 saturated heterocycles. The van der Waals surface area contributed by atoms with Crippen LogP contribution in [-0.4, -0.2) is 25.2 Å². The van der Waals surface area contributed by atoms with Gasteiger partial charge in [0.15, 0.2) is 0 Å². The quantitative estimate of drug-likeness (QED) is 0.384. The molecule has 0 aromatic rings. The fraction of sp³-hybridized carbons (Fsp3) is 0.833. The Hall–Kier alpha value is -1.32. The van der Waals surface area contributed by atoms with Crippen LogP contribution in [0.4, 0.5) is 0 Å². The van der Waals surface area contributed by atoms with Crippen molar-refractivity contribution in [1.29, 1.82) is 0 Å². The van der Waals surface area contributed by atoms with Crippen LogP contribution in [0, 0.1) is 29.6 Å². The van der Waals surface area contributed by atoms with E-state index in [1.165, 1.54) is 0 Å². The summed E-state index contributed by atoms with van der Waals surface area (Å²) in [6.45, 7) is 13.2. The number of unbranched alkanes of at least 4 members (excludes halogenated alkanes) is 2. The molecule has 1 aliphatic rings. The van der Waals surface area contributed by atoms with Gasteiger partial charge in [0.2, 0.25) is 0 Å². The normalized spacial score (nSPS) is 22.3. The fourth-order valence-electron chi connectivity index (χ4n) is 3.75. The zero-order chi connectivity index (χ0) is 21.1. The van der Waals surface area contributed by atoms with Crippen LogP contribution in [0.1, 0.15) is 86.5 Å². The molecule has 3 atom stereocenters. The number of hydrogen-bond acceptors (Lipinski definition) is 4. The standard InChI is InChI=1S/C24H42O4/c1-7-9-11-19-13-21(23(25)27-15-17(3)4)22(14-20(19)12-10-8-2)24(26)28-16-18(5)6/h13,17-20,22H,7-12,14-16H2,1-6H3. The maximum atomic E-state index is 12.8. The molecule has 0 aromatic carbocycles. The molecule has 0 aliphatic heterocycles. The fourth-order valence-corrected chi connectivity index (χ4v) is 3.75. The van der Waals surface area contributed by atoms with E-state index in [2.05, 4.69) is 19.9 Å². The van der Waals surface area contributed by atoms with Gasteiger partial charge in [0, 0.05) is 5.57 Å². The Morgan fingerprint density at radius 3 is 2.11 bits per heavy atom. The largest absolute Gasteiger partial charge is 0.465 e. The molecule has 4 nitrogen and oxygen atoms in total.